The van der Waals surface area contributed by atoms with Gasteiger partial charge in [0.1, 0.15) is 17.1 Å². The van der Waals surface area contributed by atoms with Gasteiger partial charge in [-0.05, 0) is 18.6 Å². The molecule has 0 N–H and O–H groups in total. The molecule has 0 spiro atoms. The second-order valence-electron chi connectivity index (χ2n) is 3.48. The molecule has 0 saturated heterocycles. The lowest BCUT2D eigenvalue weighted by molar-refractivity contribution is 0.111. The molecule has 88 valence electrons. The van der Waals surface area contributed by atoms with Gasteiger partial charge in [-0.25, -0.2) is 4.68 Å². The number of hydrogen-bond donors (Lipinski definition) is 0. The number of aryl methyl sites for hydroxylation is 1. The monoisotopic (exact) mass is 251 g/mol. The first kappa shape index (κ1) is 11.6. The number of aldehydes is 1. The van der Waals surface area contributed by atoms with Crippen LogP contribution in [0.3, 0.4) is 0 Å². The molecular weight excluding hydrogens is 242 g/mol. The average molecular weight is 252 g/mol. The number of ether oxygens (including phenoxy) is 1. The summed E-state index contributed by atoms with van der Waals surface area (Å²) >= 11 is 6.00. The first-order valence-electron chi connectivity index (χ1n) is 4.87. The molecule has 17 heavy (non-hydrogen) atoms. The fraction of sp³-hybridized carbons (Fsp3) is 0.182. The standard InChI is InChI=1S/C11H10ClN3O2/c1-7-3-10(11(17-2)4-9(7)12)15-5-8(6-16)13-14-15/h3-6H,1-2H3. The van der Waals surface area contributed by atoms with Gasteiger partial charge in [0.2, 0.25) is 0 Å². The average Bonchev–Trinajstić information content (AvgIpc) is 2.80. The number of benzene rings is 1. The molecule has 1 aromatic carbocycles. The zero-order valence-corrected chi connectivity index (χ0v) is 10.1. The SMILES string of the molecule is COc1cc(Cl)c(C)cc1-n1cc(C=O)nn1. The molecule has 0 unspecified atom stereocenters. The molecule has 0 amide bonds. The molecule has 0 radical (unpaired) electrons. The summed E-state index contributed by atoms with van der Waals surface area (Å²) in [6.07, 6.45) is 2.16. The largest absolute Gasteiger partial charge is 0.494 e. The van der Waals surface area contributed by atoms with E-state index in [4.69, 9.17) is 16.3 Å². The highest BCUT2D eigenvalue weighted by atomic mass is 35.5. The van der Waals surface area contributed by atoms with E-state index in [1.54, 1.807) is 13.2 Å². The van der Waals surface area contributed by atoms with Crippen molar-refractivity contribution < 1.29 is 9.53 Å². The van der Waals surface area contributed by atoms with E-state index in [0.717, 1.165) is 5.56 Å². The van der Waals surface area contributed by atoms with E-state index in [1.807, 2.05) is 13.0 Å². The van der Waals surface area contributed by atoms with E-state index < -0.39 is 0 Å². The van der Waals surface area contributed by atoms with Gasteiger partial charge in [-0.2, -0.15) is 0 Å². The Labute approximate surface area is 103 Å². The highest BCUT2D eigenvalue weighted by molar-refractivity contribution is 6.31. The molecule has 1 heterocycles. The first-order valence-corrected chi connectivity index (χ1v) is 5.25. The molecule has 0 aliphatic carbocycles. The Bertz CT molecular complexity index is 566. The second-order valence-corrected chi connectivity index (χ2v) is 3.89. The van der Waals surface area contributed by atoms with Gasteiger partial charge in [0.05, 0.1) is 13.3 Å². The predicted octanol–water partition coefficient (Wildman–Crippen LogP) is 2.05. The quantitative estimate of drug-likeness (QED) is 0.784. The lowest BCUT2D eigenvalue weighted by Gasteiger charge is -2.09. The molecule has 5 nitrogen and oxygen atoms in total. The summed E-state index contributed by atoms with van der Waals surface area (Å²) in [6.45, 7) is 1.88. The molecule has 0 aliphatic rings. The molecule has 2 rings (SSSR count). The van der Waals surface area contributed by atoms with Crippen LogP contribution in [0.5, 0.6) is 5.75 Å². The summed E-state index contributed by atoms with van der Waals surface area (Å²) in [5.41, 5.74) is 1.85. The molecule has 0 fully saturated rings. The Morgan fingerprint density at radius 1 is 1.47 bits per heavy atom. The van der Waals surface area contributed by atoms with Crippen molar-refractivity contribution >= 4 is 17.9 Å². The van der Waals surface area contributed by atoms with Crippen molar-refractivity contribution in [1.29, 1.82) is 0 Å². The molecule has 0 bridgehead atoms. The molecule has 6 heteroatoms. The second kappa shape index (κ2) is 4.55. The van der Waals surface area contributed by atoms with Crippen molar-refractivity contribution in [3.63, 3.8) is 0 Å². The predicted molar refractivity (Wildman–Crippen MR) is 63.0 cm³/mol. The summed E-state index contributed by atoms with van der Waals surface area (Å²) in [5.74, 6) is 0.572. The molecule has 0 saturated carbocycles. The first-order chi connectivity index (χ1) is 8.15. The molecule has 1 aromatic heterocycles. The van der Waals surface area contributed by atoms with E-state index in [-0.39, 0.29) is 5.69 Å². The Kier molecular flexibility index (Phi) is 3.10. The van der Waals surface area contributed by atoms with Gasteiger partial charge in [0, 0.05) is 11.1 Å². The van der Waals surface area contributed by atoms with Crippen LogP contribution in [0, 0.1) is 6.92 Å². The Morgan fingerprint density at radius 3 is 2.82 bits per heavy atom. The smallest absolute Gasteiger partial charge is 0.171 e. The third kappa shape index (κ3) is 2.14. The van der Waals surface area contributed by atoms with Crippen LogP contribution in [0.1, 0.15) is 16.1 Å². The van der Waals surface area contributed by atoms with E-state index in [2.05, 4.69) is 10.3 Å². The van der Waals surface area contributed by atoms with Crippen molar-refractivity contribution in [2.75, 3.05) is 7.11 Å². The minimum Gasteiger partial charge on any atom is -0.494 e. The van der Waals surface area contributed by atoms with E-state index in [0.29, 0.717) is 22.7 Å². The van der Waals surface area contributed by atoms with Crippen molar-refractivity contribution in [2.24, 2.45) is 0 Å². The summed E-state index contributed by atoms with van der Waals surface area (Å²) in [5, 5.41) is 8.16. The maximum atomic E-state index is 10.6. The number of rotatable bonds is 3. The number of hydrogen-bond acceptors (Lipinski definition) is 4. The Morgan fingerprint density at radius 2 is 2.24 bits per heavy atom. The van der Waals surface area contributed by atoms with Gasteiger partial charge in [-0.1, -0.05) is 16.8 Å². The lowest BCUT2D eigenvalue weighted by Crippen LogP contribution is -1.99. The van der Waals surface area contributed by atoms with E-state index in [1.165, 1.54) is 10.9 Å². The van der Waals surface area contributed by atoms with Crippen LogP contribution < -0.4 is 4.74 Å². The lowest BCUT2D eigenvalue weighted by atomic mass is 10.2. The highest BCUT2D eigenvalue weighted by Gasteiger charge is 2.10. The van der Waals surface area contributed by atoms with E-state index >= 15 is 0 Å². The minimum absolute atomic E-state index is 0.264. The topological polar surface area (TPSA) is 57.0 Å². The third-order valence-electron chi connectivity index (χ3n) is 2.34. The van der Waals surface area contributed by atoms with Crippen LogP contribution >= 0.6 is 11.6 Å². The number of halogens is 1. The van der Waals surface area contributed by atoms with Gasteiger partial charge in [0.25, 0.3) is 0 Å². The van der Waals surface area contributed by atoms with Gasteiger partial charge in [-0.3, -0.25) is 4.79 Å². The van der Waals surface area contributed by atoms with E-state index in [9.17, 15) is 4.79 Å². The number of aromatic nitrogens is 3. The Balaban J connectivity index is 2.57. The van der Waals surface area contributed by atoms with Crippen molar-refractivity contribution in [2.45, 2.75) is 6.92 Å². The number of methoxy groups -OCH3 is 1. The van der Waals surface area contributed by atoms with Gasteiger partial charge < -0.3 is 4.74 Å². The van der Waals surface area contributed by atoms with Crippen LogP contribution in [-0.4, -0.2) is 28.4 Å². The fourth-order valence-electron chi connectivity index (χ4n) is 1.44. The molecular formula is C11H10ClN3O2. The van der Waals surface area contributed by atoms with Gasteiger partial charge in [0.15, 0.2) is 6.29 Å². The van der Waals surface area contributed by atoms with Crippen molar-refractivity contribution in [3.05, 3.63) is 34.6 Å². The van der Waals surface area contributed by atoms with Crippen molar-refractivity contribution in [3.8, 4) is 11.4 Å². The summed E-state index contributed by atoms with van der Waals surface area (Å²) in [7, 11) is 1.54. The molecule has 2 aromatic rings. The number of nitrogens with zero attached hydrogens (tertiary/aromatic N) is 3. The van der Waals surface area contributed by atoms with Crippen LogP contribution in [0.2, 0.25) is 5.02 Å². The normalized spacial score (nSPS) is 10.3. The highest BCUT2D eigenvalue weighted by Crippen LogP contribution is 2.29. The van der Waals surface area contributed by atoms with Crippen molar-refractivity contribution in [1.82, 2.24) is 15.0 Å². The van der Waals surface area contributed by atoms with Gasteiger partial charge >= 0.3 is 0 Å². The summed E-state index contributed by atoms with van der Waals surface area (Å²) in [6, 6.07) is 3.53. The Hall–Kier alpha value is -1.88. The maximum absolute atomic E-state index is 10.6. The number of carbonyl (C=O) groups excluding carboxylic acids is 1. The zero-order chi connectivity index (χ0) is 12.4. The summed E-state index contributed by atoms with van der Waals surface area (Å²) in [4.78, 5) is 10.6. The third-order valence-corrected chi connectivity index (χ3v) is 2.75. The summed E-state index contributed by atoms with van der Waals surface area (Å²) < 4.78 is 6.70. The van der Waals surface area contributed by atoms with Gasteiger partial charge in [-0.15, -0.1) is 5.10 Å². The minimum atomic E-state index is 0.264. The van der Waals surface area contributed by atoms with Crippen LogP contribution in [-0.2, 0) is 0 Å². The van der Waals surface area contributed by atoms with Crippen LogP contribution in [0.15, 0.2) is 18.3 Å². The number of carbonyl (C=O) groups is 1. The van der Waals surface area contributed by atoms with Crippen LogP contribution in [0.25, 0.3) is 5.69 Å². The maximum Gasteiger partial charge on any atom is 0.171 e. The van der Waals surface area contributed by atoms with Crippen LogP contribution in [0.4, 0.5) is 0 Å². The fourth-order valence-corrected chi connectivity index (χ4v) is 1.59. The zero-order valence-electron chi connectivity index (χ0n) is 9.35. The molecule has 0 aliphatic heterocycles. The molecule has 0 atom stereocenters.